The molecule has 0 aliphatic heterocycles. The first kappa shape index (κ1) is 18.6. The molecule has 0 aromatic heterocycles. The Morgan fingerprint density at radius 3 is 2.52 bits per heavy atom. The van der Waals surface area contributed by atoms with Gasteiger partial charge in [-0.2, -0.15) is 0 Å². The first-order chi connectivity index (χ1) is 10.1. The highest BCUT2D eigenvalue weighted by Crippen LogP contribution is 2.32. The van der Waals surface area contributed by atoms with Crippen molar-refractivity contribution in [3.05, 3.63) is 34.1 Å². The molecule has 21 heavy (non-hydrogen) atoms. The quantitative estimate of drug-likeness (QED) is 0.522. The summed E-state index contributed by atoms with van der Waals surface area (Å²) in [5.41, 5.74) is 0.792. The average molecular weight is 358 g/mol. The molecule has 1 nitrogen and oxygen atoms in total. The van der Waals surface area contributed by atoms with E-state index in [0.29, 0.717) is 5.92 Å². The third-order valence-corrected chi connectivity index (χ3v) is 4.79. The fourth-order valence-electron chi connectivity index (χ4n) is 2.78. The highest BCUT2D eigenvalue weighted by Gasteiger charge is 2.21. The van der Waals surface area contributed by atoms with Gasteiger partial charge in [0.05, 0.1) is 0 Å². The van der Waals surface area contributed by atoms with Gasteiger partial charge in [0.1, 0.15) is 5.82 Å². The van der Waals surface area contributed by atoms with Gasteiger partial charge in [-0.3, -0.25) is 0 Å². The molecule has 2 atom stereocenters. The van der Waals surface area contributed by atoms with Crippen molar-refractivity contribution in [1.82, 2.24) is 5.32 Å². The van der Waals surface area contributed by atoms with Gasteiger partial charge in [0.15, 0.2) is 0 Å². The van der Waals surface area contributed by atoms with Gasteiger partial charge in [0.2, 0.25) is 0 Å². The third kappa shape index (κ3) is 6.07. The van der Waals surface area contributed by atoms with Crippen molar-refractivity contribution >= 4 is 15.9 Å². The van der Waals surface area contributed by atoms with Crippen molar-refractivity contribution in [3.63, 3.8) is 0 Å². The summed E-state index contributed by atoms with van der Waals surface area (Å²) < 4.78 is 15.1. The van der Waals surface area contributed by atoms with Gasteiger partial charge in [-0.15, -0.1) is 0 Å². The number of rotatable bonds is 10. The lowest BCUT2D eigenvalue weighted by Gasteiger charge is -2.25. The van der Waals surface area contributed by atoms with Gasteiger partial charge >= 0.3 is 0 Å². The van der Waals surface area contributed by atoms with Gasteiger partial charge in [-0.1, -0.05) is 68.5 Å². The van der Waals surface area contributed by atoms with E-state index in [1.807, 2.05) is 6.07 Å². The molecule has 0 aliphatic carbocycles. The van der Waals surface area contributed by atoms with Crippen molar-refractivity contribution in [2.24, 2.45) is 5.92 Å². The smallest absolute Gasteiger partial charge is 0.129 e. The maximum atomic E-state index is 14.3. The standard InChI is InChI=1S/C18H29BrFN/c1-4-7-9-14(6-3)13-17(21-12-5-2)18-15(19)10-8-11-16(18)20/h8,10-11,14,17,21H,4-7,9,12-13H2,1-3H3. The Bertz CT molecular complexity index is 388. The summed E-state index contributed by atoms with van der Waals surface area (Å²) in [6, 6.07) is 5.36. The number of unbranched alkanes of at least 4 members (excludes halogenated alkanes) is 1. The lowest BCUT2D eigenvalue weighted by molar-refractivity contribution is 0.347. The van der Waals surface area contributed by atoms with E-state index in [1.165, 1.54) is 19.3 Å². The molecule has 1 rings (SSSR count). The molecule has 1 aromatic carbocycles. The van der Waals surface area contributed by atoms with Crippen LogP contribution in [0.1, 0.15) is 70.9 Å². The molecule has 0 bridgehead atoms. The van der Waals surface area contributed by atoms with E-state index in [2.05, 4.69) is 42.0 Å². The number of hydrogen-bond donors (Lipinski definition) is 1. The number of halogens is 2. The van der Waals surface area contributed by atoms with Crippen molar-refractivity contribution in [3.8, 4) is 0 Å². The Balaban J connectivity index is 2.88. The highest BCUT2D eigenvalue weighted by molar-refractivity contribution is 9.10. The highest BCUT2D eigenvalue weighted by atomic mass is 79.9. The van der Waals surface area contributed by atoms with Crippen LogP contribution in [-0.2, 0) is 0 Å². The van der Waals surface area contributed by atoms with Gasteiger partial charge in [-0.25, -0.2) is 4.39 Å². The van der Waals surface area contributed by atoms with E-state index >= 15 is 0 Å². The van der Waals surface area contributed by atoms with E-state index in [9.17, 15) is 4.39 Å². The second kappa shape index (κ2) is 10.3. The zero-order valence-corrected chi connectivity index (χ0v) is 15.2. The molecular formula is C18H29BrFN. The molecule has 2 unspecified atom stereocenters. The zero-order chi connectivity index (χ0) is 15.7. The molecule has 0 spiro atoms. The molecule has 0 saturated carbocycles. The van der Waals surface area contributed by atoms with Crippen molar-refractivity contribution in [1.29, 1.82) is 0 Å². The van der Waals surface area contributed by atoms with Crippen molar-refractivity contribution in [2.75, 3.05) is 6.54 Å². The molecule has 0 saturated heterocycles. The van der Waals surface area contributed by atoms with Gasteiger partial charge < -0.3 is 5.32 Å². The molecule has 0 radical (unpaired) electrons. The Kier molecular flexibility index (Phi) is 9.18. The molecule has 3 heteroatoms. The predicted molar refractivity (Wildman–Crippen MR) is 93.1 cm³/mol. The van der Waals surface area contributed by atoms with Crippen molar-refractivity contribution < 1.29 is 4.39 Å². The van der Waals surface area contributed by atoms with Crippen LogP contribution in [0.3, 0.4) is 0 Å². The summed E-state index contributed by atoms with van der Waals surface area (Å²) >= 11 is 3.52. The Hall–Kier alpha value is -0.410. The molecule has 0 fully saturated rings. The summed E-state index contributed by atoms with van der Waals surface area (Å²) in [6.07, 6.45) is 6.97. The lowest BCUT2D eigenvalue weighted by Crippen LogP contribution is -2.26. The second-order valence-corrected chi connectivity index (χ2v) is 6.65. The predicted octanol–water partition coefficient (Wildman–Crippen LogP) is 6.24. The normalized spacial score (nSPS) is 14.1. The summed E-state index contributed by atoms with van der Waals surface area (Å²) in [5, 5.41) is 3.54. The zero-order valence-electron chi connectivity index (χ0n) is 13.6. The summed E-state index contributed by atoms with van der Waals surface area (Å²) in [5.74, 6) is 0.550. The Morgan fingerprint density at radius 1 is 1.19 bits per heavy atom. The van der Waals surface area contributed by atoms with Gasteiger partial charge in [0.25, 0.3) is 0 Å². The topological polar surface area (TPSA) is 12.0 Å². The van der Waals surface area contributed by atoms with Crippen LogP contribution in [0.25, 0.3) is 0 Å². The number of benzene rings is 1. The first-order valence-electron chi connectivity index (χ1n) is 8.31. The number of nitrogens with one attached hydrogen (secondary N) is 1. The molecule has 1 N–H and O–H groups in total. The minimum absolute atomic E-state index is 0.0994. The molecule has 0 aliphatic rings. The SMILES string of the molecule is CCCCC(CC)CC(NCCC)c1c(F)cccc1Br. The summed E-state index contributed by atoms with van der Waals surface area (Å²) in [4.78, 5) is 0. The molecule has 0 amide bonds. The van der Waals surface area contributed by atoms with Crippen LogP contribution in [-0.4, -0.2) is 6.54 Å². The molecule has 120 valence electrons. The second-order valence-electron chi connectivity index (χ2n) is 5.79. The molecule has 0 heterocycles. The van der Waals surface area contributed by atoms with Crippen LogP contribution in [0.4, 0.5) is 4.39 Å². The van der Waals surface area contributed by atoms with E-state index in [1.54, 1.807) is 12.1 Å². The Labute approximate surface area is 137 Å². The van der Waals surface area contributed by atoms with E-state index in [4.69, 9.17) is 0 Å². The van der Waals surface area contributed by atoms with E-state index in [-0.39, 0.29) is 11.9 Å². The Morgan fingerprint density at radius 2 is 1.95 bits per heavy atom. The van der Waals surface area contributed by atoms with Crippen LogP contribution < -0.4 is 5.32 Å². The van der Waals surface area contributed by atoms with Crippen LogP contribution in [0, 0.1) is 11.7 Å². The fraction of sp³-hybridized carbons (Fsp3) is 0.667. The molecular weight excluding hydrogens is 329 g/mol. The first-order valence-corrected chi connectivity index (χ1v) is 9.10. The fourth-order valence-corrected chi connectivity index (χ4v) is 3.40. The average Bonchev–Trinajstić information content (AvgIpc) is 2.48. The molecule has 1 aromatic rings. The maximum absolute atomic E-state index is 14.3. The lowest BCUT2D eigenvalue weighted by atomic mass is 9.89. The van der Waals surface area contributed by atoms with Crippen LogP contribution in [0.5, 0.6) is 0 Å². The van der Waals surface area contributed by atoms with Gasteiger partial charge in [0, 0.05) is 16.1 Å². The van der Waals surface area contributed by atoms with E-state index in [0.717, 1.165) is 35.8 Å². The minimum atomic E-state index is -0.108. The summed E-state index contributed by atoms with van der Waals surface area (Å²) in [6.45, 7) is 7.55. The minimum Gasteiger partial charge on any atom is -0.310 e. The largest absolute Gasteiger partial charge is 0.310 e. The summed E-state index contributed by atoms with van der Waals surface area (Å²) in [7, 11) is 0. The van der Waals surface area contributed by atoms with Crippen LogP contribution >= 0.6 is 15.9 Å². The van der Waals surface area contributed by atoms with E-state index < -0.39 is 0 Å². The maximum Gasteiger partial charge on any atom is 0.129 e. The number of hydrogen-bond acceptors (Lipinski definition) is 1. The van der Waals surface area contributed by atoms with Gasteiger partial charge in [-0.05, 0) is 37.4 Å². The van der Waals surface area contributed by atoms with Crippen LogP contribution in [0.15, 0.2) is 22.7 Å². The van der Waals surface area contributed by atoms with Crippen LogP contribution in [0.2, 0.25) is 0 Å². The van der Waals surface area contributed by atoms with Crippen molar-refractivity contribution in [2.45, 2.75) is 65.3 Å². The third-order valence-electron chi connectivity index (χ3n) is 4.10. The monoisotopic (exact) mass is 357 g/mol.